The molecule has 4 heteroatoms. The van der Waals surface area contributed by atoms with Crippen LogP contribution in [0.5, 0.6) is 5.75 Å². The molecular formula is C16H13BrO3. The second-order valence-electron chi connectivity index (χ2n) is 4.32. The highest BCUT2D eigenvalue weighted by Gasteiger charge is 2.13. The molecule has 0 aliphatic rings. The first kappa shape index (κ1) is 14.5. The lowest BCUT2D eigenvalue weighted by Crippen LogP contribution is -2.09. The number of rotatable bonds is 4. The van der Waals surface area contributed by atoms with Crippen LogP contribution in [-0.2, 0) is 11.2 Å². The minimum atomic E-state index is -0.436. The predicted molar refractivity (Wildman–Crippen MR) is 79.9 cm³/mol. The van der Waals surface area contributed by atoms with E-state index in [1.807, 2.05) is 24.3 Å². The predicted octanol–water partition coefficient (Wildman–Crippen LogP) is 3.80. The van der Waals surface area contributed by atoms with Crippen molar-refractivity contribution in [2.45, 2.75) is 13.3 Å². The van der Waals surface area contributed by atoms with Gasteiger partial charge in [-0.25, -0.2) is 0 Å². The first-order chi connectivity index (χ1) is 9.56. The number of halogens is 1. The topological polar surface area (TPSA) is 43.4 Å². The molecule has 2 aromatic rings. The third-order valence-corrected chi connectivity index (χ3v) is 3.25. The van der Waals surface area contributed by atoms with E-state index in [0.717, 1.165) is 10.0 Å². The lowest BCUT2D eigenvalue weighted by Gasteiger charge is -2.08. The lowest BCUT2D eigenvalue weighted by molar-refractivity contribution is -0.131. The molecule has 0 atom stereocenters. The van der Waals surface area contributed by atoms with Crippen molar-refractivity contribution < 1.29 is 14.3 Å². The average molecular weight is 333 g/mol. The van der Waals surface area contributed by atoms with Gasteiger partial charge in [-0.05, 0) is 29.8 Å². The maximum absolute atomic E-state index is 12.3. The number of carbonyl (C=O) groups excluding carboxylic acids is 2. The van der Waals surface area contributed by atoms with E-state index >= 15 is 0 Å². The summed E-state index contributed by atoms with van der Waals surface area (Å²) in [5, 5.41) is 0. The van der Waals surface area contributed by atoms with Gasteiger partial charge >= 0.3 is 5.97 Å². The van der Waals surface area contributed by atoms with E-state index in [1.54, 1.807) is 24.3 Å². The molecule has 0 N–H and O–H groups in total. The van der Waals surface area contributed by atoms with Crippen LogP contribution in [0.15, 0.2) is 53.0 Å². The lowest BCUT2D eigenvalue weighted by atomic mass is 10.0. The van der Waals surface area contributed by atoms with Gasteiger partial charge in [-0.15, -0.1) is 0 Å². The Hall–Kier alpha value is -1.94. The van der Waals surface area contributed by atoms with E-state index < -0.39 is 5.97 Å². The van der Waals surface area contributed by atoms with Crippen molar-refractivity contribution in [1.29, 1.82) is 0 Å². The normalized spacial score (nSPS) is 10.1. The van der Waals surface area contributed by atoms with Crippen molar-refractivity contribution in [2.75, 3.05) is 0 Å². The Balaban J connectivity index is 2.20. The summed E-state index contributed by atoms with van der Waals surface area (Å²) in [6, 6.07) is 14.3. The smallest absolute Gasteiger partial charge is 0.308 e. The molecule has 0 saturated heterocycles. The summed E-state index contributed by atoms with van der Waals surface area (Å²) in [4.78, 5) is 23.3. The number of Topliss-reactive ketones (excluding diaryl/α,β-unsaturated/α-hetero) is 1. The minimum Gasteiger partial charge on any atom is -0.426 e. The Labute approximate surface area is 125 Å². The van der Waals surface area contributed by atoms with Gasteiger partial charge in [0.25, 0.3) is 0 Å². The molecule has 0 heterocycles. The molecule has 0 aliphatic heterocycles. The van der Waals surface area contributed by atoms with Crippen LogP contribution in [0.3, 0.4) is 0 Å². The average Bonchev–Trinajstić information content (AvgIpc) is 2.41. The Bertz CT molecular complexity index is 632. The van der Waals surface area contributed by atoms with Crippen molar-refractivity contribution >= 4 is 27.7 Å². The monoisotopic (exact) mass is 332 g/mol. The fourth-order valence-electron chi connectivity index (χ4n) is 1.82. The van der Waals surface area contributed by atoms with E-state index in [4.69, 9.17) is 4.74 Å². The molecule has 0 aliphatic carbocycles. The quantitative estimate of drug-likeness (QED) is 0.486. The van der Waals surface area contributed by atoms with Gasteiger partial charge in [-0.2, -0.15) is 0 Å². The molecule has 0 amide bonds. The maximum Gasteiger partial charge on any atom is 0.308 e. The van der Waals surface area contributed by atoms with Crippen LogP contribution in [0.4, 0.5) is 0 Å². The van der Waals surface area contributed by atoms with Crippen LogP contribution < -0.4 is 4.74 Å². The van der Waals surface area contributed by atoms with Gasteiger partial charge in [-0.1, -0.05) is 40.2 Å². The maximum atomic E-state index is 12.3. The molecule has 0 saturated carbocycles. The molecule has 2 aromatic carbocycles. The van der Waals surface area contributed by atoms with Crippen LogP contribution in [-0.4, -0.2) is 11.8 Å². The van der Waals surface area contributed by atoms with Crippen LogP contribution in [0, 0.1) is 0 Å². The first-order valence-electron chi connectivity index (χ1n) is 6.11. The van der Waals surface area contributed by atoms with Crippen molar-refractivity contribution in [3.05, 3.63) is 64.1 Å². The van der Waals surface area contributed by atoms with Gasteiger partial charge in [0.05, 0.1) is 5.56 Å². The highest BCUT2D eigenvalue weighted by atomic mass is 79.9. The second kappa shape index (κ2) is 6.48. The third kappa shape index (κ3) is 3.78. The van der Waals surface area contributed by atoms with E-state index in [9.17, 15) is 9.59 Å². The Morgan fingerprint density at radius 1 is 1.05 bits per heavy atom. The number of esters is 1. The first-order valence-corrected chi connectivity index (χ1v) is 6.90. The molecule has 20 heavy (non-hydrogen) atoms. The largest absolute Gasteiger partial charge is 0.426 e. The van der Waals surface area contributed by atoms with Gasteiger partial charge in [0.1, 0.15) is 5.75 Å². The van der Waals surface area contributed by atoms with Gasteiger partial charge in [0.2, 0.25) is 0 Å². The van der Waals surface area contributed by atoms with Crippen molar-refractivity contribution in [1.82, 2.24) is 0 Å². The zero-order chi connectivity index (χ0) is 14.5. The van der Waals surface area contributed by atoms with E-state index in [-0.39, 0.29) is 12.2 Å². The van der Waals surface area contributed by atoms with Crippen LogP contribution in [0.1, 0.15) is 22.8 Å². The summed E-state index contributed by atoms with van der Waals surface area (Å²) in [5.41, 5.74) is 1.33. The number of ketones is 1. The summed E-state index contributed by atoms with van der Waals surface area (Å²) in [6.45, 7) is 1.32. The summed E-state index contributed by atoms with van der Waals surface area (Å²) in [6.07, 6.45) is 0.269. The standard InChI is InChI=1S/C16H13BrO3/c1-11(18)20-16-5-3-2-4-14(16)15(19)10-12-6-8-13(17)9-7-12/h2-9H,10H2,1H3. The third-order valence-electron chi connectivity index (χ3n) is 2.72. The number of hydrogen-bond acceptors (Lipinski definition) is 3. The summed E-state index contributed by atoms with van der Waals surface area (Å²) < 4.78 is 6.02. The van der Waals surface area contributed by atoms with Gasteiger partial charge in [0, 0.05) is 17.8 Å². The number of ether oxygens (including phenoxy) is 1. The number of carbonyl (C=O) groups is 2. The highest BCUT2D eigenvalue weighted by molar-refractivity contribution is 9.10. The second-order valence-corrected chi connectivity index (χ2v) is 5.23. The number of para-hydroxylation sites is 1. The molecule has 0 unspecified atom stereocenters. The SMILES string of the molecule is CC(=O)Oc1ccccc1C(=O)Cc1ccc(Br)cc1. The van der Waals surface area contributed by atoms with Gasteiger partial charge in [0.15, 0.2) is 5.78 Å². The van der Waals surface area contributed by atoms with Crippen molar-refractivity contribution in [3.8, 4) is 5.75 Å². The Kier molecular flexibility index (Phi) is 4.69. The molecule has 2 rings (SSSR count). The molecule has 3 nitrogen and oxygen atoms in total. The summed E-state index contributed by atoms with van der Waals surface area (Å²) in [5.74, 6) is -0.208. The van der Waals surface area contributed by atoms with Crippen molar-refractivity contribution in [2.24, 2.45) is 0 Å². The van der Waals surface area contributed by atoms with Crippen LogP contribution in [0.25, 0.3) is 0 Å². The zero-order valence-electron chi connectivity index (χ0n) is 10.9. The number of hydrogen-bond donors (Lipinski definition) is 0. The van der Waals surface area contributed by atoms with E-state index in [1.165, 1.54) is 6.92 Å². The fraction of sp³-hybridized carbons (Fsp3) is 0.125. The molecule has 0 radical (unpaired) electrons. The molecule has 0 spiro atoms. The minimum absolute atomic E-state index is 0.0795. The molecule has 0 bridgehead atoms. The van der Waals surface area contributed by atoms with Crippen molar-refractivity contribution in [3.63, 3.8) is 0 Å². The fourth-order valence-corrected chi connectivity index (χ4v) is 2.09. The highest BCUT2D eigenvalue weighted by Crippen LogP contribution is 2.21. The Morgan fingerprint density at radius 3 is 2.35 bits per heavy atom. The molecule has 0 aromatic heterocycles. The van der Waals surface area contributed by atoms with E-state index in [2.05, 4.69) is 15.9 Å². The van der Waals surface area contributed by atoms with Crippen LogP contribution in [0.2, 0.25) is 0 Å². The molecule has 102 valence electrons. The Morgan fingerprint density at radius 2 is 1.70 bits per heavy atom. The van der Waals surface area contributed by atoms with E-state index in [0.29, 0.717) is 11.3 Å². The number of benzene rings is 2. The zero-order valence-corrected chi connectivity index (χ0v) is 12.5. The summed E-state index contributed by atoms with van der Waals surface area (Å²) >= 11 is 3.35. The van der Waals surface area contributed by atoms with Crippen LogP contribution >= 0.6 is 15.9 Å². The molecular weight excluding hydrogens is 320 g/mol. The molecule has 0 fully saturated rings. The van der Waals surface area contributed by atoms with Gasteiger partial charge < -0.3 is 4.74 Å². The van der Waals surface area contributed by atoms with Gasteiger partial charge in [-0.3, -0.25) is 9.59 Å². The summed E-state index contributed by atoms with van der Waals surface area (Å²) in [7, 11) is 0.